The third-order valence-electron chi connectivity index (χ3n) is 3.74. The van der Waals surface area contributed by atoms with Gasteiger partial charge in [-0.15, -0.1) is 11.6 Å². The standard InChI is InChI=1S/C16H17ClN2O2/c1-10(17)16(20)18-12-8-6-11(7-9-12)15-13-4-2-3-5-14(13)19-21-15/h6-10H,2-5H2,1H3,(H,18,20)/t10-/m0/s1. The maximum absolute atomic E-state index is 11.5. The SMILES string of the molecule is C[C@H](Cl)C(=O)Nc1ccc(-c2onc3c2CCCC3)cc1. The fourth-order valence-electron chi connectivity index (χ4n) is 2.56. The number of hydrogen-bond donors (Lipinski definition) is 1. The minimum Gasteiger partial charge on any atom is -0.356 e. The summed E-state index contributed by atoms with van der Waals surface area (Å²) < 4.78 is 5.50. The molecular formula is C16H17ClN2O2. The molecule has 1 aliphatic rings. The average Bonchev–Trinajstić information content (AvgIpc) is 2.92. The second-order valence-electron chi connectivity index (χ2n) is 5.33. The molecule has 0 saturated carbocycles. The summed E-state index contributed by atoms with van der Waals surface area (Å²) in [5, 5.41) is 6.37. The van der Waals surface area contributed by atoms with Gasteiger partial charge < -0.3 is 9.84 Å². The van der Waals surface area contributed by atoms with Crippen molar-refractivity contribution in [3.63, 3.8) is 0 Å². The molecule has 0 fully saturated rings. The quantitative estimate of drug-likeness (QED) is 0.878. The number of nitrogens with zero attached hydrogens (tertiary/aromatic N) is 1. The maximum atomic E-state index is 11.5. The Morgan fingerprint density at radius 3 is 2.71 bits per heavy atom. The molecule has 1 atom stereocenters. The Balaban J connectivity index is 1.81. The molecule has 21 heavy (non-hydrogen) atoms. The Kier molecular flexibility index (Phi) is 3.97. The third kappa shape index (κ3) is 2.95. The van der Waals surface area contributed by atoms with Crippen molar-refractivity contribution in [3.8, 4) is 11.3 Å². The molecule has 4 nitrogen and oxygen atoms in total. The van der Waals surface area contributed by atoms with Crippen LogP contribution in [-0.2, 0) is 17.6 Å². The molecule has 0 aliphatic heterocycles. The van der Waals surface area contributed by atoms with Crippen LogP contribution in [0.15, 0.2) is 28.8 Å². The Labute approximate surface area is 128 Å². The lowest BCUT2D eigenvalue weighted by Gasteiger charge is -2.10. The second-order valence-corrected chi connectivity index (χ2v) is 5.98. The fraction of sp³-hybridized carbons (Fsp3) is 0.375. The molecule has 0 unspecified atom stereocenters. The van der Waals surface area contributed by atoms with Crippen molar-refractivity contribution in [2.75, 3.05) is 5.32 Å². The van der Waals surface area contributed by atoms with Crippen molar-refractivity contribution in [2.24, 2.45) is 0 Å². The molecule has 1 aromatic carbocycles. The van der Waals surface area contributed by atoms with Crippen LogP contribution in [0.25, 0.3) is 11.3 Å². The number of aromatic nitrogens is 1. The predicted octanol–water partition coefficient (Wildman–Crippen LogP) is 3.79. The smallest absolute Gasteiger partial charge is 0.242 e. The number of fused-ring (bicyclic) bond motifs is 1. The number of carbonyl (C=O) groups is 1. The summed E-state index contributed by atoms with van der Waals surface area (Å²) in [6, 6.07) is 7.57. The molecule has 1 aromatic heterocycles. The largest absolute Gasteiger partial charge is 0.356 e. The Morgan fingerprint density at radius 1 is 1.29 bits per heavy atom. The van der Waals surface area contributed by atoms with E-state index in [4.69, 9.17) is 16.1 Å². The second kappa shape index (κ2) is 5.90. The van der Waals surface area contributed by atoms with Crippen molar-refractivity contribution in [1.82, 2.24) is 5.16 Å². The summed E-state index contributed by atoms with van der Waals surface area (Å²) >= 11 is 5.73. The van der Waals surface area contributed by atoms with Gasteiger partial charge in [0.25, 0.3) is 0 Å². The highest BCUT2D eigenvalue weighted by Gasteiger charge is 2.20. The fourth-order valence-corrected chi connectivity index (χ4v) is 2.62. The van der Waals surface area contributed by atoms with E-state index in [1.807, 2.05) is 24.3 Å². The van der Waals surface area contributed by atoms with Gasteiger partial charge in [0.15, 0.2) is 5.76 Å². The molecule has 0 bridgehead atoms. The Bertz CT molecular complexity index is 647. The van der Waals surface area contributed by atoms with Gasteiger partial charge in [-0.1, -0.05) is 5.16 Å². The number of benzene rings is 1. The van der Waals surface area contributed by atoms with E-state index in [1.54, 1.807) is 6.92 Å². The van der Waals surface area contributed by atoms with Crippen LogP contribution in [0, 0.1) is 0 Å². The predicted molar refractivity (Wildman–Crippen MR) is 82.5 cm³/mol. The van der Waals surface area contributed by atoms with Gasteiger partial charge in [0.05, 0.1) is 5.69 Å². The topological polar surface area (TPSA) is 55.1 Å². The van der Waals surface area contributed by atoms with E-state index in [9.17, 15) is 4.79 Å². The van der Waals surface area contributed by atoms with Crippen LogP contribution >= 0.6 is 11.6 Å². The number of carbonyl (C=O) groups excluding carboxylic acids is 1. The molecule has 1 amide bonds. The van der Waals surface area contributed by atoms with Gasteiger partial charge in [0.1, 0.15) is 5.38 Å². The summed E-state index contributed by atoms with van der Waals surface area (Å²) in [5.74, 6) is 0.648. The van der Waals surface area contributed by atoms with Crippen molar-refractivity contribution in [3.05, 3.63) is 35.5 Å². The van der Waals surface area contributed by atoms with E-state index in [-0.39, 0.29) is 5.91 Å². The normalized spacial score (nSPS) is 15.3. The van der Waals surface area contributed by atoms with Crippen LogP contribution in [0.4, 0.5) is 5.69 Å². The summed E-state index contributed by atoms with van der Waals surface area (Å²) in [6.45, 7) is 1.64. The Hall–Kier alpha value is -1.81. The first-order valence-electron chi connectivity index (χ1n) is 7.18. The first-order chi connectivity index (χ1) is 10.1. The molecule has 3 rings (SSSR count). The number of alkyl halides is 1. The van der Waals surface area contributed by atoms with E-state index in [2.05, 4.69) is 10.5 Å². The van der Waals surface area contributed by atoms with Crippen molar-refractivity contribution >= 4 is 23.2 Å². The van der Waals surface area contributed by atoms with Crippen LogP contribution in [-0.4, -0.2) is 16.4 Å². The Morgan fingerprint density at radius 2 is 2.00 bits per heavy atom. The maximum Gasteiger partial charge on any atom is 0.242 e. The zero-order valence-electron chi connectivity index (χ0n) is 11.9. The lowest BCUT2D eigenvalue weighted by Crippen LogP contribution is -2.20. The van der Waals surface area contributed by atoms with Crippen LogP contribution in [0.2, 0.25) is 0 Å². The number of hydrogen-bond acceptors (Lipinski definition) is 3. The highest BCUT2D eigenvalue weighted by molar-refractivity contribution is 6.32. The average molecular weight is 305 g/mol. The molecule has 2 aromatic rings. The minimum atomic E-state index is -0.550. The monoisotopic (exact) mass is 304 g/mol. The lowest BCUT2D eigenvalue weighted by molar-refractivity contribution is -0.115. The number of rotatable bonds is 3. The number of halogens is 1. The summed E-state index contributed by atoms with van der Waals surface area (Å²) in [6.07, 6.45) is 4.39. The van der Waals surface area contributed by atoms with Gasteiger partial charge in [0, 0.05) is 16.8 Å². The summed E-state index contributed by atoms with van der Waals surface area (Å²) in [5.41, 5.74) is 4.03. The van der Waals surface area contributed by atoms with Gasteiger partial charge in [-0.25, -0.2) is 0 Å². The first-order valence-corrected chi connectivity index (χ1v) is 7.61. The molecule has 1 aliphatic carbocycles. The zero-order chi connectivity index (χ0) is 14.8. The highest BCUT2D eigenvalue weighted by Crippen LogP contribution is 2.32. The van der Waals surface area contributed by atoms with Crippen LogP contribution in [0.1, 0.15) is 31.0 Å². The van der Waals surface area contributed by atoms with Crippen molar-refractivity contribution < 1.29 is 9.32 Å². The first kappa shape index (κ1) is 14.1. The van der Waals surface area contributed by atoms with Crippen molar-refractivity contribution in [1.29, 1.82) is 0 Å². The van der Waals surface area contributed by atoms with Crippen LogP contribution in [0.3, 0.4) is 0 Å². The lowest BCUT2D eigenvalue weighted by atomic mass is 9.94. The van der Waals surface area contributed by atoms with Gasteiger partial charge in [0.2, 0.25) is 5.91 Å². The molecular weight excluding hydrogens is 288 g/mol. The van der Waals surface area contributed by atoms with Crippen molar-refractivity contribution in [2.45, 2.75) is 38.0 Å². The van der Waals surface area contributed by atoms with E-state index in [0.717, 1.165) is 35.5 Å². The van der Waals surface area contributed by atoms with E-state index >= 15 is 0 Å². The summed E-state index contributed by atoms with van der Waals surface area (Å²) in [7, 11) is 0. The number of anilines is 1. The third-order valence-corrected chi connectivity index (χ3v) is 3.93. The molecule has 110 valence electrons. The minimum absolute atomic E-state index is 0.207. The van der Waals surface area contributed by atoms with E-state index in [0.29, 0.717) is 0 Å². The molecule has 5 heteroatoms. The van der Waals surface area contributed by atoms with Gasteiger partial charge >= 0.3 is 0 Å². The molecule has 0 spiro atoms. The molecule has 1 heterocycles. The number of nitrogens with one attached hydrogen (secondary N) is 1. The van der Waals surface area contributed by atoms with Crippen LogP contribution < -0.4 is 5.32 Å². The van der Waals surface area contributed by atoms with Gasteiger partial charge in [-0.2, -0.15) is 0 Å². The van der Waals surface area contributed by atoms with Gasteiger partial charge in [-0.05, 0) is 56.9 Å². The van der Waals surface area contributed by atoms with E-state index < -0.39 is 5.38 Å². The number of amides is 1. The molecule has 0 saturated heterocycles. The zero-order valence-corrected chi connectivity index (χ0v) is 12.6. The number of aryl methyl sites for hydroxylation is 1. The molecule has 0 radical (unpaired) electrons. The summed E-state index contributed by atoms with van der Waals surface area (Å²) in [4.78, 5) is 11.5. The van der Waals surface area contributed by atoms with Gasteiger partial charge in [-0.3, -0.25) is 4.79 Å². The molecule has 1 N–H and O–H groups in total. The van der Waals surface area contributed by atoms with E-state index in [1.165, 1.54) is 18.4 Å². The highest BCUT2D eigenvalue weighted by atomic mass is 35.5. The van der Waals surface area contributed by atoms with Crippen LogP contribution in [0.5, 0.6) is 0 Å².